The van der Waals surface area contributed by atoms with Gasteiger partial charge in [0, 0.05) is 18.1 Å². The molecule has 2 saturated heterocycles. The van der Waals surface area contributed by atoms with Gasteiger partial charge in [-0.25, -0.2) is 0 Å². The summed E-state index contributed by atoms with van der Waals surface area (Å²) in [5.41, 5.74) is 0.301. The van der Waals surface area contributed by atoms with Gasteiger partial charge in [-0.05, 0) is 85.9 Å². The molecule has 3 nitrogen and oxygen atoms in total. The number of fused-ring (bicyclic) bond motifs is 5. The van der Waals surface area contributed by atoms with Crippen molar-refractivity contribution in [2.75, 3.05) is 20.3 Å². The van der Waals surface area contributed by atoms with Crippen LogP contribution < -0.4 is 0 Å². The number of Topliss-reactive ketones (excluding diaryl/α,β-unsaturated/α-hetero) is 1. The maximum Gasteiger partial charge on any atom is 0.171 e. The molecule has 0 radical (unpaired) electrons. The molecule has 192 valence electrons. The first-order valence-electron chi connectivity index (χ1n) is 14.4. The van der Waals surface area contributed by atoms with E-state index in [4.69, 9.17) is 9.47 Å². The van der Waals surface area contributed by atoms with Gasteiger partial charge in [-0.3, -0.25) is 4.79 Å². The fourth-order valence-corrected chi connectivity index (χ4v) is 10.7. The Hall–Kier alpha value is -0.670. The Kier molecular flexibility index (Phi) is 6.20. The fourth-order valence-electron chi connectivity index (χ4n) is 10.7. The smallest absolute Gasteiger partial charge is 0.171 e. The molecule has 2 bridgehead atoms. The molecule has 0 N–H and O–H groups in total. The second-order valence-electron chi connectivity index (χ2n) is 14.2. The summed E-state index contributed by atoms with van der Waals surface area (Å²) in [6.07, 6.45) is 12.7. The molecule has 6 aliphatic rings. The largest absolute Gasteiger partial charge is 0.384 e. The number of carbonyl (C=O) groups excluding carboxylic acids is 1. The third-order valence-corrected chi connectivity index (χ3v) is 12.2. The normalized spacial score (nSPS) is 48.6. The van der Waals surface area contributed by atoms with E-state index >= 15 is 0 Å². The molecule has 1 spiro atoms. The Balaban J connectivity index is 1.39. The van der Waals surface area contributed by atoms with Gasteiger partial charge < -0.3 is 9.47 Å². The van der Waals surface area contributed by atoms with Gasteiger partial charge in [0.15, 0.2) is 5.78 Å². The summed E-state index contributed by atoms with van der Waals surface area (Å²) >= 11 is 0. The zero-order chi connectivity index (χ0) is 24.5. The lowest BCUT2D eigenvalue weighted by Gasteiger charge is -2.70. The Morgan fingerprint density at radius 2 is 1.82 bits per heavy atom. The number of carbonyl (C=O) groups is 1. The molecule has 0 aromatic rings. The molecule has 0 aromatic heterocycles. The van der Waals surface area contributed by atoms with Crippen molar-refractivity contribution in [3.8, 4) is 0 Å². The third-order valence-electron chi connectivity index (χ3n) is 12.2. The summed E-state index contributed by atoms with van der Waals surface area (Å²) in [6.45, 7) is 17.8. The molecule has 0 amide bonds. The fraction of sp³-hybridized carbons (Fsp3) is 0.903. The van der Waals surface area contributed by atoms with Crippen LogP contribution in [0.15, 0.2) is 12.2 Å². The quantitative estimate of drug-likeness (QED) is 0.368. The van der Waals surface area contributed by atoms with Crippen molar-refractivity contribution in [3.63, 3.8) is 0 Å². The molecule has 4 saturated carbocycles. The van der Waals surface area contributed by atoms with Crippen LogP contribution in [-0.2, 0) is 14.3 Å². The predicted octanol–water partition coefficient (Wildman–Crippen LogP) is 7.24. The molecule has 6 rings (SSSR count). The number of ketones is 1. The second-order valence-corrected chi connectivity index (χ2v) is 14.2. The SMILES string of the molecule is C=C1C(=O)[C@@]2(COC)CO[C@@]13CC[C@H]1[C@@H]4CC[C@H]([C@H](C)CCCC(C)C)[C@@]4(C)CC[C@@H]1[C@@]3(C)C2. The predicted molar refractivity (Wildman–Crippen MR) is 137 cm³/mol. The van der Waals surface area contributed by atoms with Crippen LogP contribution in [0.3, 0.4) is 0 Å². The average molecular weight is 471 g/mol. The second kappa shape index (κ2) is 8.44. The Morgan fingerprint density at radius 1 is 1.06 bits per heavy atom. The zero-order valence-corrected chi connectivity index (χ0v) is 22.9. The molecule has 0 unspecified atom stereocenters. The number of methoxy groups -OCH3 is 1. The van der Waals surface area contributed by atoms with E-state index in [1.54, 1.807) is 7.11 Å². The molecule has 2 heterocycles. The van der Waals surface area contributed by atoms with Crippen molar-refractivity contribution in [1.82, 2.24) is 0 Å². The lowest BCUT2D eigenvalue weighted by Crippen LogP contribution is -2.73. The number of ether oxygens (including phenoxy) is 2. The van der Waals surface area contributed by atoms with Crippen LogP contribution in [0.1, 0.15) is 98.8 Å². The van der Waals surface area contributed by atoms with Gasteiger partial charge in [0.1, 0.15) is 5.60 Å². The van der Waals surface area contributed by atoms with Gasteiger partial charge in [0.2, 0.25) is 0 Å². The Labute approximate surface area is 208 Å². The number of rotatable bonds is 7. The highest BCUT2D eigenvalue weighted by Crippen LogP contribution is 2.73. The minimum Gasteiger partial charge on any atom is -0.384 e. The molecular weight excluding hydrogens is 420 g/mol. The van der Waals surface area contributed by atoms with Crippen LogP contribution in [0.4, 0.5) is 0 Å². The van der Waals surface area contributed by atoms with Gasteiger partial charge >= 0.3 is 0 Å². The third kappa shape index (κ3) is 3.24. The highest BCUT2D eigenvalue weighted by Gasteiger charge is 2.73. The molecule has 2 aliphatic heterocycles. The van der Waals surface area contributed by atoms with Gasteiger partial charge in [-0.15, -0.1) is 0 Å². The molecule has 4 aliphatic carbocycles. The van der Waals surface area contributed by atoms with Crippen molar-refractivity contribution < 1.29 is 14.3 Å². The first kappa shape index (κ1) is 25.0. The van der Waals surface area contributed by atoms with E-state index < -0.39 is 11.0 Å². The van der Waals surface area contributed by atoms with Crippen LogP contribution in [0.25, 0.3) is 0 Å². The maximum atomic E-state index is 13.5. The van der Waals surface area contributed by atoms with E-state index in [1.807, 2.05) is 0 Å². The van der Waals surface area contributed by atoms with Crippen molar-refractivity contribution in [2.45, 2.75) is 104 Å². The lowest BCUT2D eigenvalue weighted by atomic mass is 9.39. The van der Waals surface area contributed by atoms with Crippen molar-refractivity contribution in [1.29, 1.82) is 0 Å². The van der Waals surface area contributed by atoms with Crippen LogP contribution in [0, 0.1) is 51.8 Å². The Bertz CT molecular complexity index is 833. The van der Waals surface area contributed by atoms with E-state index in [0.29, 0.717) is 24.5 Å². The van der Waals surface area contributed by atoms with Crippen LogP contribution >= 0.6 is 0 Å². The number of hydrogen-bond donors (Lipinski definition) is 0. The zero-order valence-electron chi connectivity index (χ0n) is 22.9. The van der Waals surface area contributed by atoms with E-state index in [0.717, 1.165) is 48.0 Å². The van der Waals surface area contributed by atoms with E-state index in [2.05, 4.69) is 41.2 Å². The van der Waals surface area contributed by atoms with Crippen molar-refractivity contribution >= 4 is 5.78 Å². The molecule has 6 fully saturated rings. The first-order chi connectivity index (χ1) is 16.0. The summed E-state index contributed by atoms with van der Waals surface area (Å²) in [5.74, 6) is 5.01. The summed E-state index contributed by atoms with van der Waals surface area (Å²) in [5, 5.41) is 0. The summed E-state index contributed by atoms with van der Waals surface area (Å²) in [4.78, 5) is 13.5. The standard InChI is InChI=1S/C31H50O3/c1-20(2)9-8-10-21(3)24-11-12-25-23-13-16-31-22(4)27(32)30(18-33-7,19-34-31)17-29(31,6)26(23)14-15-28(24,25)5/h20-21,23-26H,4,8-19H2,1-3,5-7H3/t21-,23+,24-,25+,26+,28-,29-,30+,31+/m1/s1. The van der Waals surface area contributed by atoms with Gasteiger partial charge in [0.25, 0.3) is 0 Å². The molecule has 9 atom stereocenters. The average Bonchev–Trinajstić information content (AvgIpc) is 3.14. The molecule has 34 heavy (non-hydrogen) atoms. The minimum absolute atomic E-state index is 0.0000128. The maximum absolute atomic E-state index is 13.5. The van der Waals surface area contributed by atoms with Gasteiger partial charge in [-0.2, -0.15) is 0 Å². The van der Waals surface area contributed by atoms with Crippen LogP contribution in [0.2, 0.25) is 0 Å². The Morgan fingerprint density at radius 3 is 2.53 bits per heavy atom. The van der Waals surface area contributed by atoms with E-state index in [9.17, 15) is 4.79 Å². The summed E-state index contributed by atoms with van der Waals surface area (Å²) in [6, 6.07) is 0. The highest BCUT2D eigenvalue weighted by atomic mass is 16.5. The monoisotopic (exact) mass is 470 g/mol. The van der Waals surface area contributed by atoms with Crippen LogP contribution in [-0.4, -0.2) is 31.7 Å². The van der Waals surface area contributed by atoms with Crippen molar-refractivity contribution in [3.05, 3.63) is 12.2 Å². The van der Waals surface area contributed by atoms with Crippen LogP contribution in [0.5, 0.6) is 0 Å². The highest BCUT2D eigenvalue weighted by molar-refractivity contribution is 6.03. The topological polar surface area (TPSA) is 35.5 Å². The van der Waals surface area contributed by atoms with Crippen molar-refractivity contribution in [2.24, 2.45) is 51.8 Å². The lowest BCUT2D eigenvalue weighted by molar-refractivity contribution is -0.270. The molecule has 0 aromatic carbocycles. The van der Waals surface area contributed by atoms with Gasteiger partial charge in [-0.1, -0.05) is 60.5 Å². The minimum atomic E-state index is -0.520. The first-order valence-corrected chi connectivity index (χ1v) is 14.4. The molecular formula is C31H50O3. The van der Waals surface area contributed by atoms with E-state index in [1.165, 1.54) is 51.4 Å². The molecule has 3 heteroatoms. The summed E-state index contributed by atoms with van der Waals surface area (Å²) in [7, 11) is 1.72. The summed E-state index contributed by atoms with van der Waals surface area (Å²) < 4.78 is 12.3. The van der Waals surface area contributed by atoms with E-state index in [-0.39, 0.29) is 11.2 Å². The van der Waals surface area contributed by atoms with Gasteiger partial charge in [0.05, 0.1) is 18.6 Å². The number of hydrogen-bond acceptors (Lipinski definition) is 3.